The van der Waals surface area contributed by atoms with Crippen molar-refractivity contribution in [2.24, 2.45) is 0 Å². The quantitative estimate of drug-likeness (QED) is 0.502. The fraction of sp³-hybridized carbons (Fsp3) is 0. The van der Waals surface area contributed by atoms with Gasteiger partial charge in [-0.2, -0.15) is 0 Å². The van der Waals surface area contributed by atoms with E-state index in [1.165, 1.54) is 0 Å². The van der Waals surface area contributed by atoms with Crippen LogP contribution in [0.2, 0.25) is 0 Å². The molecule has 0 fully saturated rings. The van der Waals surface area contributed by atoms with Gasteiger partial charge in [0, 0.05) is 17.4 Å². The predicted molar refractivity (Wildman–Crippen MR) is 18.7 cm³/mol. The Morgan fingerprint density at radius 2 is 1.50 bits per heavy atom. The third kappa shape index (κ3) is 1.30. The first kappa shape index (κ1) is 5.81. The van der Waals surface area contributed by atoms with Crippen molar-refractivity contribution in [3.63, 3.8) is 0 Å². The molecular weight excluding hydrogens is 116 g/mol. The van der Waals surface area contributed by atoms with Gasteiger partial charge in [0.25, 0.3) is 0 Å². The average Bonchev–Trinajstić information content (AvgIpc) is 1.76. The van der Waals surface area contributed by atoms with Gasteiger partial charge < -0.3 is 4.42 Å². The van der Waals surface area contributed by atoms with Gasteiger partial charge in [0.05, 0.1) is 12.5 Å². The van der Waals surface area contributed by atoms with Crippen LogP contribution in [0.25, 0.3) is 0 Å². The second-order valence-corrected chi connectivity index (χ2v) is 0.793. The van der Waals surface area contributed by atoms with Crippen molar-refractivity contribution >= 4 is 0 Å². The van der Waals surface area contributed by atoms with Gasteiger partial charge in [-0.15, -0.1) is 0 Å². The van der Waals surface area contributed by atoms with Crippen molar-refractivity contribution in [3.05, 3.63) is 24.7 Å². The molecule has 1 nitrogen and oxygen atoms in total. The fourth-order valence-corrected chi connectivity index (χ4v) is 0.227. The second-order valence-electron chi connectivity index (χ2n) is 0.793. The molecule has 0 atom stereocenters. The summed E-state index contributed by atoms with van der Waals surface area (Å²) in [6.07, 6.45) is 3.25. The zero-order valence-electron chi connectivity index (χ0n) is 3.13. The maximum Gasteiger partial charge on any atom is 0.0902 e. The Bertz CT molecular complexity index is 64.0. The van der Waals surface area contributed by atoms with E-state index in [0.29, 0.717) is 0 Å². The van der Waals surface area contributed by atoms with E-state index < -0.39 is 0 Å². The van der Waals surface area contributed by atoms with Crippen LogP contribution < -0.4 is 0 Å². The normalized spacial score (nSPS) is 6.67. The molecule has 32 valence electrons. The average molecular weight is 120 g/mol. The third-order valence-corrected chi connectivity index (χ3v) is 0.425. The van der Waals surface area contributed by atoms with Crippen LogP contribution in [0, 0.1) is 0 Å². The van der Waals surface area contributed by atoms with Gasteiger partial charge >= 0.3 is 0 Å². The van der Waals surface area contributed by atoms with E-state index in [-0.39, 0.29) is 17.4 Å². The van der Waals surface area contributed by atoms with Crippen LogP contribution in [0.1, 0.15) is 0 Å². The molecule has 0 saturated heterocycles. The predicted octanol–water partition coefficient (Wildman–Crippen LogP) is 1.28. The van der Waals surface area contributed by atoms with Gasteiger partial charge in [0.15, 0.2) is 0 Å². The Labute approximate surface area is 47.1 Å². The molecule has 1 rings (SSSR count). The number of hydrogen-bond donors (Lipinski definition) is 0. The zero-order chi connectivity index (χ0) is 3.54. The summed E-state index contributed by atoms with van der Waals surface area (Å²) in [4.78, 5) is 0. The van der Waals surface area contributed by atoms with Crippen molar-refractivity contribution in [1.29, 1.82) is 0 Å². The van der Waals surface area contributed by atoms with E-state index in [1.807, 2.05) is 12.1 Å². The Morgan fingerprint density at radius 3 is 1.67 bits per heavy atom. The molecule has 1 heterocycles. The summed E-state index contributed by atoms with van der Waals surface area (Å²) in [6.45, 7) is 0. The van der Waals surface area contributed by atoms with Gasteiger partial charge in [-0.3, -0.25) is 0 Å². The first-order valence-corrected chi connectivity index (χ1v) is 1.47. The largest absolute Gasteiger partial charge is 0.473 e. The number of hydrogen-bond acceptors (Lipinski definition) is 1. The Kier molecular flexibility index (Phi) is 2.93. The van der Waals surface area contributed by atoms with Crippen molar-refractivity contribution in [1.82, 2.24) is 0 Å². The van der Waals surface area contributed by atoms with E-state index in [9.17, 15) is 0 Å². The van der Waals surface area contributed by atoms with Gasteiger partial charge in [0.2, 0.25) is 0 Å². The molecule has 6 heavy (non-hydrogen) atoms. The van der Waals surface area contributed by atoms with E-state index in [2.05, 4.69) is 4.42 Å². The Balaban J connectivity index is 0.000000250. The number of furan rings is 1. The Hall–Kier alpha value is -0.188. The van der Waals surface area contributed by atoms with Crippen molar-refractivity contribution in [2.75, 3.05) is 0 Å². The molecule has 0 aliphatic carbocycles. The molecular formula is C4H4CrO. The van der Waals surface area contributed by atoms with E-state index in [4.69, 9.17) is 0 Å². The molecule has 0 spiro atoms. The Morgan fingerprint density at radius 1 is 1.00 bits per heavy atom. The number of rotatable bonds is 0. The zero-order valence-corrected chi connectivity index (χ0v) is 4.40. The van der Waals surface area contributed by atoms with Gasteiger partial charge in [0.1, 0.15) is 0 Å². The summed E-state index contributed by atoms with van der Waals surface area (Å²) in [7, 11) is 0. The molecule has 0 saturated carbocycles. The van der Waals surface area contributed by atoms with Crippen molar-refractivity contribution < 1.29 is 21.8 Å². The third-order valence-electron chi connectivity index (χ3n) is 0.425. The molecule has 0 bridgehead atoms. The molecule has 1 aromatic rings. The summed E-state index contributed by atoms with van der Waals surface area (Å²) < 4.78 is 4.58. The molecule has 0 radical (unpaired) electrons. The minimum atomic E-state index is 0. The fourth-order valence-electron chi connectivity index (χ4n) is 0.227. The second kappa shape index (κ2) is 3.02. The first-order chi connectivity index (χ1) is 2.50. The molecule has 1 aromatic heterocycles. The van der Waals surface area contributed by atoms with Crippen LogP contribution in [0.5, 0.6) is 0 Å². The topological polar surface area (TPSA) is 13.1 Å². The van der Waals surface area contributed by atoms with Gasteiger partial charge in [-0.25, -0.2) is 0 Å². The summed E-state index contributed by atoms with van der Waals surface area (Å²) in [6, 6.07) is 3.67. The standard InChI is InChI=1S/C4H4O.Cr/c1-2-4-5-3-1;/h1-4H;. The van der Waals surface area contributed by atoms with Crippen LogP contribution in [0.4, 0.5) is 0 Å². The summed E-state index contributed by atoms with van der Waals surface area (Å²) >= 11 is 0. The van der Waals surface area contributed by atoms with Crippen LogP contribution >= 0.6 is 0 Å². The summed E-state index contributed by atoms with van der Waals surface area (Å²) in [5, 5.41) is 0. The molecule has 2 heteroatoms. The van der Waals surface area contributed by atoms with Crippen molar-refractivity contribution in [3.8, 4) is 0 Å². The van der Waals surface area contributed by atoms with Crippen LogP contribution in [0.15, 0.2) is 29.1 Å². The van der Waals surface area contributed by atoms with Gasteiger partial charge in [-0.1, -0.05) is 0 Å². The summed E-state index contributed by atoms with van der Waals surface area (Å²) in [5.41, 5.74) is 0. The molecule has 0 N–H and O–H groups in total. The molecule has 0 aliphatic rings. The maximum absolute atomic E-state index is 4.58. The van der Waals surface area contributed by atoms with Crippen LogP contribution in [-0.4, -0.2) is 0 Å². The van der Waals surface area contributed by atoms with Crippen molar-refractivity contribution in [2.45, 2.75) is 0 Å². The summed E-state index contributed by atoms with van der Waals surface area (Å²) in [5.74, 6) is 0. The van der Waals surface area contributed by atoms with E-state index in [0.717, 1.165) is 0 Å². The minimum absolute atomic E-state index is 0. The monoisotopic (exact) mass is 120 g/mol. The molecule has 0 amide bonds. The van der Waals surface area contributed by atoms with Gasteiger partial charge in [-0.05, 0) is 12.1 Å². The smallest absolute Gasteiger partial charge is 0.0902 e. The van der Waals surface area contributed by atoms with Crippen LogP contribution in [0.3, 0.4) is 0 Å². The first-order valence-electron chi connectivity index (χ1n) is 1.47. The van der Waals surface area contributed by atoms with E-state index >= 15 is 0 Å². The minimum Gasteiger partial charge on any atom is -0.473 e. The molecule has 0 unspecified atom stereocenters. The maximum atomic E-state index is 4.58. The van der Waals surface area contributed by atoms with E-state index in [1.54, 1.807) is 12.5 Å². The molecule has 0 aromatic carbocycles. The SMILES string of the molecule is [Cr].c1ccoc1. The van der Waals surface area contributed by atoms with Crippen LogP contribution in [-0.2, 0) is 17.4 Å². The molecule has 0 aliphatic heterocycles.